The van der Waals surface area contributed by atoms with E-state index in [1.54, 1.807) is 31.3 Å². The molecule has 2 aromatic heterocycles. The molecule has 0 saturated heterocycles. The maximum absolute atomic E-state index is 14.4. The van der Waals surface area contributed by atoms with E-state index in [2.05, 4.69) is 20.6 Å². The highest BCUT2D eigenvalue weighted by Gasteiger charge is 2.22. The highest BCUT2D eigenvalue weighted by atomic mass is 35.5. The molecule has 6 nitrogen and oxygen atoms in total. The van der Waals surface area contributed by atoms with Crippen molar-refractivity contribution in [2.45, 2.75) is 39.0 Å². The Hall–Kier alpha value is -3.03. The zero-order valence-electron chi connectivity index (χ0n) is 17.4. The van der Waals surface area contributed by atoms with E-state index in [0.29, 0.717) is 22.1 Å². The molecule has 1 aromatic carbocycles. The first-order valence-electron chi connectivity index (χ1n) is 9.88. The summed E-state index contributed by atoms with van der Waals surface area (Å²) in [6.45, 7) is 5.54. The van der Waals surface area contributed by atoms with Crippen LogP contribution in [0.2, 0.25) is 5.02 Å². The molecule has 2 heterocycles. The van der Waals surface area contributed by atoms with Crippen LogP contribution in [0.4, 0.5) is 10.2 Å². The number of hydrogen-bond acceptors (Lipinski definition) is 5. The van der Waals surface area contributed by atoms with Gasteiger partial charge in [-0.25, -0.2) is 9.37 Å². The second-order valence-electron chi connectivity index (χ2n) is 7.49. The molecule has 0 saturated carbocycles. The van der Waals surface area contributed by atoms with E-state index in [9.17, 15) is 14.3 Å². The third-order valence-corrected chi connectivity index (χ3v) is 4.97. The Morgan fingerprint density at radius 3 is 2.58 bits per heavy atom. The van der Waals surface area contributed by atoms with Crippen molar-refractivity contribution in [3.05, 3.63) is 76.8 Å². The van der Waals surface area contributed by atoms with Gasteiger partial charge in [-0.15, -0.1) is 0 Å². The number of carbonyl (C=O) groups is 1. The fraction of sp³-hybridized carbons (Fsp3) is 0.261. The van der Waals surface area contributed by atoms with Crippen LogP contribution in [0.3, 0.4) is 0 Å². The van der Waals surface area contributed by atoms with Gasteiger partial charge in [-0.05, 0) is 54.8 Å². The number of aliphatic hydroxyl groups is 1. The average Bonchev–Trinajstić information content (AvgIpc) is 2.75. The minimum Gasteiger partial charge on any atom is -0.389 e. The van der Waals surface area contributed by atoms with E-state index in [-0.39, 0.29) is 11.5 Å². The zero-order chi connectivity index (χ0) is 22.5. The maximum atomic E-state index is 14.4. The number of rotatable bonds is 7. The van der Waals surface area contributed by atoms with Gasteiger partial charge < -0.3 is 15.7 Å². The molecule has 0 aliphatic carbocycles. The van der Waals surface area contributed by atoms with Crippen LogP contribution in [-0.2, 0) is 0 Å². The highest BCUT2D eigenvalue weighted by Crippen LogP contribution is 2.30. The molecule has 3 N–H and O–H groups in total. The van der Waals surface area contributed by atoms with Gasteiger partial charge in [0.2, 0.25) is 0 Å². The molecule has 1 amide bonds. The van der Waals surface area contributed by atoms with Crippen LogP contribution in [0.1, 0.15) is 42.6 Å². The molecular formula is C23H24ClFN4O2. The highest BCUT2D eigenvalue weighted by molar-refractivity contribution is 6.30. The standard InChI is InChI=1S/C23H24ClFN4O2/c1-13(2)17-7-9-20(18-11-16(24)6-8-19(18)25)27-22(17)28-21(14(3)30)29-23(31)15-5-4-10-26-12-15/h4-14,21,30H,1-3H3,(H,27,28)(H,29,31). The maximum Gasteiger partial charge on any atom is 0.254 e. The molecule has 3 rings (SSSR count). The number of pyridine rings is 2. The van der Waals surface area contributed by atoms with Gasteiger partial charge in [-0.3, -0.25) is 9.78 Å². The van der Waals surface area contributed by atoms with Crippen molar-refractivity contribution >= 4 is 23.3 Å². The van der Waals surface area contributed by atoms with Gasteiger partial charge in [0.05, 0.1) is 17.4 Å². The summed E-state index contributed by atoms with van der Waals surface area (Å²) < 4.78 is 14.4. The molecule has 0 radical (unpaired) electrons. The van der Waals surface area contributed by atoms with Crippen molar-refractivity contribution < 1.29 is 14.3 Å². The summed E-state index contributed by atoms with van der Waals surface area (Å²) in [6, 6.07) is 11.1. The van der Waals surface area contributed by atoms with Crippen molar-refractivity contribution in [1.29, 1.82) is 0 Å². The fourth-order valence-electron chi connectivity index (χ4n) is 3.04. The van der Waals surface area contributed by atoms with Crippen LogP contribution in [0.15, 0.2) is 54.9 Å². The average molecular weight is 443 g/mol. The van der Waals surface area contributed by atoms with E-state index in [4.69, 9.17) is 11.6 Å². The second kappa shape index (κ2) is 9.85. The number of anilines is 1. The van der Waals surface area contributed by atoms with Gasteiger partial charge in [0.15, 0.2) is 0 Å². The first kappa shape index (κ1) is 22.7. The van der Waals surface area contributed by atoms with Crippen molar-refractivity contribution in [1.82, 2.24) is 15.3 Å². The number of hydrogen-bond donors (Lipinski definition) is 3. The fourth-order valence-corrected chi connectivity index (χ4v) is 3.21. The number of nitrogens with one attached hydrogen (secondary N) is 2. The molecule has 2 atom stereocenters. The lowest BCUT2D eigenvalue weighted by atomic mass is 10.0. The summed E-state index contributed by atoms with van der Waals surface area (Å²) >= 11 is 6.03. The molecule has 8 heteroatoms. The SMILES string of the molecule is CC(C)c1ccc(-c2cc(Cl)ccc2F)nc1NC(NC(=O)c1cccnc1)C(C)O. The smallest absolute Gasteiger partial charge is 0.254 e. The van der Waals surface area contributed by atoms with Gasteiger partial charge in [0, 0.05) is 23.0 Å². The van der Waals surface area contributed by atoms with Gasteiger partial charge in [-0.1, -0.05) is 31.5 Å². The lowest BCUT2D eigenvalue weighted by molar-refractivity contribution is 0.0879. The zero-order valence-corrected chi connectivity index (χ0v) is 18.2. The number of aromatic nitrogens is 2. The van der Waals surface area contributed by atoms with Crippen LogP contribution in [0, 0.1) is 5.82 Å². The Morgan fingerprint density at radius 1 is 1.16 bits per heavy atom. The normalized spacial score (nSPS) is 13.0. The topological polar surface area (TPSA) is 87.1 Å². The number of amides is 1. The Morgan fingerprint density at radius 2 is 1.94 bits per heavy atom. The van der Waals surface area contributed by atoms with Gasteiger partial charge >= 0.3 is 0 Å². The Balaban J connectivity index is 1.94. The molecule has 0 bridgehead atoms. The molecule has 0 aliphatic rings. The van der Waals surface area contributed by atoms with E-state index in [1.807, 2.05) is 19.9 Å². The van der Waals surface area contributed by atoms with E-state index in [0.717, 1.165) is 5.56 Å². The minimum atomic E-state index is -0.936. The van der Waals surface area contributed by atoms with Crippen LogP contribution in [0.5, 0.6) is 0 Å². The summed E-state index contributed by atoms with van der Waals surface area (Å²) in [5.74, 6) is -0.312. The first-order chi connectivity index (χ1) is 14.8. The number of benzene rings is 1. The Bertz CT molecular complexity index is 1060. The van der Waals surface area contributed by atoms with Gasteiger partial charge in [-0.2, -0.15) is 0 Å². The molecule has 31 heavy (non-hydrogen) atoms. The van der Waals surface area contributed by atoms with Crippen molar-refractivity contribution in [2.24, 2.45) is 0 Å². The minimum absolute atomic E-state index is 0.0944. The quantitative estimate of drug-likeness (QED) is 0.465. The number of carbonyl (C=O) groups excluding carboxylic acids is 1. The monoisotopic (exact) mass is 442 g/mol. The van der Waals surface area contributed by atoms with E-state index >= 15 is 0 Å². The lowest BCUT2D eigenvalue weighted by Crippen LogP contribution is -2.47. The summed E-state index contributed by atoms with van der Waals surface area (Å²) in [5.41, 5.74) is 1.86. The molecular weight excluding hydrogens is 419 g/mol. The summed E-state index contributed by atoms with van der Waals surface area (Å²) in [5, 5.41) is 16.5. The number of aliphatic hydroxyl groups excluding tert-OH is 1. The van der Waals surface area contributed by atoms with E-state index < -0.39 is 24.0 Å². The number of nitrogens with zero attached hydrogens (tertiary/aromatic N) is 2. The van der Waals surface area contributed by atoms with E-state index in [1.165, 1.54) is 24.4 Å². The summed E-state index contributed by atoms with van der Waals surface area (Å²) in [7, 11) is 0. The van der Waals surface area contributed by atoms with Crippen molar-refractivity contribution in [3.63, 3.8) is 0 Å². The molecule has 162 valence electrons. The molecule has 3 aromatic rings. The third-order valence-electron chi connectivity index (χ3n) is 4.74. The molecule has 0 spiro atoms. The predicted octanol–water partition coefficient (Wildman–Crippen LogP) is 4.61. The van der Waals surface area contributed by atoms with Crippen LogP contribution < -0.4 is 10.6 Å². The summed E-state index contributed by atoms with van der Waals surface area (Å²) in [6.07, 6.45) is 1.24. The van der Waals surface area contributed by atoms with Crippen LogP contribution >= 0.6 is 11.6 Å². The molecule has 0 aliphatic heterocycles. The third kappa shape index (κ3) is 5.57. The summed E-state index contributed by atoms with van der Waals surface area (Å²) in [4.78, 5) is 21.1. The van der Waals surface area contributed by atoms with Gasteiger partial charge in [0.1, 0.15) is 17.8 Å². The Kier molecular flexibility index (Phi) is 7.20. The second-order valence-corrected chi connectivity index (χ2v) is 7.93. The largest absolute Gasteiger partial charge is 0.389 e. The Labute approximate surface area is 185 Å². The molecule has 2 unspecified atom stereocenters. The first-order valence-corrected chi connectivity index (χ1v) is 10.3. The van der Waals surface area contributed by atoms with Crippen LogP contribution in [-0.4, -0.2) is 33.3 Å². The van der Waals surface area contributed by atoms with Gasteiger partial charge in [0.25, 0.3) is 5.91 Å². The number of halogens is 2. The molecule has 0 fully saturated rings. The van der Waals surface area contributed by atoms with Crippen molar-refractivity contribution in [3.8, 4) is 11.3 Å². The van der Waals surface area contributed by atoms with Crippen LogP contribution in [0.25, 0.3) is 11.3 Å². The van der Waals surface area contributed by atoms with Crippen molar-refractivity contribution in [2.75, 3.05) is 5.32 Å². The predicted molar refractivity (Wildman–Crippen MR) is 120 cm³/mol. The lowest BCUT2D eigenvalue weighted by Gasteiger charge is -2.25.